The fourth-order valence-corrected chi connectivity index (χ4v) is 2.26. The van der Waals surface area contributed by atoms with Crippen LogP contribution in [0.15, 0.2) is 45.1 Å². The normalized spacial score (nSPS) is 11.2. The summed E-state index contributed by atoms with van der Waals surface area (Å²) in [5.74, 6) is 0.0452. The molecule has 0 spiro atoms. The quantitative estimate of drug-likeness (QED) is 0.340. The van der Waals surface area contributed by atoms with Gasteiger partial charge in [0.25, 0.3) is 0 Å². The third-order valence-corrected chi connectivity index (χ3v) is 3.57. The first-order chi connectivity index (χ1) is 11.3. The standard InChI is InChI=1S/C15H13F3N2O3S/c1-9(2)20-23-14(21)12-5-4-11(22-12)8-24-13-6-3-10(7-19-13)15(16,17)18/h3-7H,8H2,1-2H3. The molecule has 24 heavy (non-hydrogen) atoms. The summed E-state index contributed by atoms with van der Waals surface area (Å²) < 4.78 is 42.6. The maximum atomic E-state index is 12.4. The molecule has 9 heteroatoms. The fourth-order valence-electron chi connectivity index (χ4n) is 1.52. The zero-order valence-corrected chi connectivity index (χ0v) is 13.6. The minimum absolute atomic E-state index is 0.00372. The number of carbonyl (C=O) groups is 1. The highest BCUT2D eigenvalue weighted by molar-refractivity contribution is 7.98. The number of alkyl halides is 3. The number of carbonyl (C=O) groups excluding carboxylic acids is 1. The van der Waals surface area contributed by atoms with Crippen LogP contribution in [0.2, 0.25) is 0 Å². The highest BCUT2D eigenvalue weighted by Gasteiger charge is 2.30. The Bertz CT molecular complexity index is 735. The van der Waals surface area contributed by atoms with Gasteiger partial charge in [-0.05, 0) is 38.1 Å². The molecule has 0 unspecified atom stereocenters. The van der Waals surface area contributed by atoms with Crippen LogP contribution in [0.25, 0.3) is 0 Å². The molecule has 0 aliphatic heterocycles. The molecule has 2 rings (SSSR count). The topological polar surface area (TPSA) is 64.7 Å². The molecule has 0 N–H and O–H groups in total. The Hall–Kier alpha value is -2.29. The van der Waals surface area contributed by atoms with E-state index in [-0.39, 0.29) is 5.76 Å². The van der Waals surface area contributed by atoms with Crippen LogP contribution in [-0.4, -0.2) is 16.7 Å². The van der Waals surface area contributed by atoms with Gasteiger partial charge in [0.1, 0.15) is 5.76 Å². The molecular weight excluding hydrogens is 345 g/mol. The van der Waals surface area contributed by atoms with Gasteiger partial charge in [0, 0.05) is 6.20 Å². The van der Waals surface area contributed by atoms with Gasteiger partial charge in [0.05, 0.1) is 22.1 Å². The first kappa shape index (κ1) is 18.1. The predicted octanol–water partition coefficient (Wildman–Crippen LogP) is 4.54. The van der Waals surface area contributed by atoms with Gasteiger partial charge in [-0.2, -0.15) is 13.2 Å². The van der Waals surface area contributed by atoms with E-state index in [4.69, 9.17) is 4.42 Å². The van der Waals surface area contributed by atoms with E-state index in [1.807, 2.05) is 0 Å². The van der Waals surface area contributed by atoms with Crippen molar-refractivity contribution < 1.29 is 27.2 Å². The first-order valence-electron chi connectivity index (χ1n) is 6.73. The summed E-state index contributed by atoms with van der Waals surface area (Å²) in [6.45, 7) is 3.35. The van der Waals surface area contributed by atoms with Gasteiger partial charge in [0.2, 0.25) is 5.76 Å². The Balaban J connectivity index is 1.93. The molecule has 0 saturated heterocycles. The van der Waals surface area contributed by atoms with Crippen molar-refractivity contribution in [2.75, 3.05) is 0 Å². The van der Waals surface area contributed by atoms with Crippen molar-refractivity contribution in [1.29, 1.82) is 0 Å². The van der Waals surface area contributed by atoms with E-state index in [0.29, 0.717) is 22.3 Å². The van der Waals surface area contributed by atoms with Crippen LogP contribution in [0, 0.1) is 0 Å². The lowest BCUT2D eigenvalue weighted by molar-refractivity contribution is -0.137. The molecule has 0 amide bonds. The van der Waals surface area contributed by atoms with E-state index in [0.717, 1.165) is 12.3 Å². The molecule has 5 nitrogen and oxygen atoms in total. The van der Waals surface area contributed by atoms with Crippen molar-refractivity contribution >= 4 is 23.4 Å². The predicted molar refractivity (Wildman–Crippen MR) is 81.7 cm³/mol. The number of nitrogens with zero attached hydrogens (tertiary/aromatic N) is 2. The van der Waals surface area contributed by atoms with Crippen molar-refractivity contribution in [3.05, 3.63) is 47.5 Å². The van der Waals surface area contributed by atoms with Crippen molar-refractivity contribution in [3.63, 3.8) is 0 Å². The van der Waals surface area contributed by atoms with E-state index >= 15 is 0 Å². The molecule has 2 aromatic rings. The zero-order chi connectivity index (χ0) is 17.7. The van der Waals surface area contributed by atoms with Gasteiger partial charge in [0.15, 0.2) is 0 Å². The van der Waals surface area contributed by atoms with Gasteiger partial charge >= 0.3 is 12.1 Å². The smallest absolute Gasteiger partial charge is 0.417 e. The highest BCUT2D eigenvalue weighted by atomic mass is 32.2. The minimum Gasteiger partial charge on any atom is -0.453 e. The van der Waals surface area contributed by atoms with E-state index in [1.165, 1.54) is 23.9 Å². The monoisotopic (exact) mass is 358 g/mol. The maximum Gasteiger partial charge on any atom is 0.417 e. The Morgan fingerprint density at radius 2 is 2.04 bits per heavy atom. The van der Waals surface area contributed by atoms with Crippen LogP contribution in [0.1, 0.15) is 35.7 Å². The Morgan fingerprint density at radius 1 is 1.29 bits per heavy atom. The summed E-state index contributed by atoms with van der Waals surface area (Å²) in [6.07, 6.45) is -3.63. The second-order valence-corrected chi connectivity index (χ2v) is 5.85. The lowest BCUT2D eigenvalue weighted by atomic mass is 10.3. The van der Waals surface area contributed by atoms with Crippen molar-refractivity contribution in [3.8, 4) is 0 Å². The van der Waals surface area contributed by atoms with Gasteiger partial charge in [-0.25, -0.2) is 9.78 Å². The van der Waals surface area contributed by atoms with E-state index in [9.17, 15) is 18.0 Å². The number of halogens is 3. The molecule has 0 aliphatic rings. The molecule has 0 aromatic carbocycles. The van der Waals surface area contributed by atoms with E-state index < -0.39 is 17.7 Å². The zero-order valence-electron chi connectivity index (χ0n) is 12.8. The molecule has 0 saturated carbocycles. The lowest BCUT2D eigenvalue weighted by Crippen LogP contribution is -2.05. The molecule has 0 fully saturated rings. The summed E-state index contributed by atoms with van der Waals surface area (Å²) in [4.78, 5) is 20.0. The number of hydrogen-bond donors (Lipinski definition) is 0. The average molecular weight is 358 g/mol. The third-order valence-electron chi connectivity index (χ3n) is 2.60. The third kappa shape index (κ3) is 5.12. The van der Waals surface area contributed by atoms with Crippen LogP contribution < -0.4 is 0 Å². The minimum atomic E-state index is -4.41. The van der Waals surface area contributed by atoms with Crippen LogP contribution in [-0.2, 0) is 16.8 Å². The van der Waals surface area contributed by atoms with Gasteiger partial charge in [-0.1, -0.05) is 16.9 Å². The van der Waals surface area contributed by atoms with Gasteiger partial charge in [-0.3, -0.25) is 0 Å². The number of hydrogen-bond acceptors (Lipinski definition) is 6. The van der Waals surface area contributed by atoms with Crippen LogP contribution >= 0.6 is 11.8 Å². The van der Waals surface area contributed by atoms with Crippen LogP contribution in [0.5, 0.6) is 0 Å². The summed E-state index contributed by atoms with van der Waals surface area (Å²) in [7, 11) is 0. The van der Waals surface area contributed by atoms with Crippen LogP contribution in [0.3, 0.4) is 0 Å². The van der Waals surface area contributed by atoms with Crippen molar-refractivity contribution in [2.24, 2.45) is 5.16 Å². The van der Waals surface area contributed by atoms with Crippen molar-refractivity contribution in [2.45, 2.75) is 30.8 Å². The SMILES string of the molecule is CC(C)=NOC(=O)c1ccc(CSc2ccc(C(F)(F)F)cn2)o1. The second kappa shape index (κ2) is 7.52. The number of oxime groups is 1. The highest BCUT2D eigenvalue weighted by Crippen LogP contribution is 2.30. The molecule has 128 valence electrons. The first-order valence-corrected chi connectivity index (χ1v) is 7.71. The maximum absolute atomic E-state index is 12.4. The Labute approximate surface area is 139 Å². The Morgan fingerprint density at radius 3 is 2.62 bits per heavy atom. The molecule has 0 aliphatic carbocycles. The summed E-state index contributed by atoms with van der Waals surface area (Å²) in [5, 5.41) is 3.94. The number of aromatic nitrogens is 1. The lowest BCUT2D eigenvalue weighted by Gasteiger charge is -2.06. The molecule has 2 aromatic heterocycles. The number of pyridine rings is 1. The average Bonchev–Trinajstić information content (AvgIpc) is 2.99. The molecule has 2 heterocycles. The number of rotatable bonds is 5. The fraction of sp³-hybridized carbons (Fsp3) is 0.267. The van der Waals surface area contributed by atoms with Crippen LogP contribution in [0.4, 0.5) is 13.2 Å². The van der Waals surface area contributed by atoms with E-state index in [2.05, 4.69) is 15.0 Å². The summed E-state index contributed by atoms with van der Waals surface area (Å²) in [5.41, 5.74) is -0.222. The largest absolute Gasteiger partial charge is 0.453 e. The second-order valence-electron chi connectivity index (χ2n) is 4.85. The van der Waals surface area contributed by atoms with E-state index in [1.54, 1.807) is 19.9 Å². The number of furan rings is 1. The van der Waals surface area contributed by atoms with Crippen molar-refractivity contribution in [1.82, 2.24) is 4.98 Å². The molecule has 0 radical (unpaired) electrons. The molecule has 0 bridgehead atoms. The van der Waals surface area contributed by atoms with Gasteiger partial charge in [-0.15, -0.1) is 0 Å². The Kier molecular flexibility index (Phi) is 5.66. The number of thioether (sulfide) groups is 1. The molecular formula is C15H13F3N2O3S. The van der Waals surface area contributed by atoms with Gasteiger partial charge < -0.3 is 9.25 Å². The summed E-state index contributed by atoms with van der Waals surface area (Å²) >= 11 is 1.18. The summed E-state index contributed by atoms with van der Waals surface area (Å²) in [6, 6.07) is 5.27. The molecule has 0 atom stereocenters.